The average molecular weight is 430 g/mol. The van der Waals surface area contributed by atoms with E-state index in [0.29, 0.717) is 38.5 Å². The molecule has 0 radical (unpaired) electrons. The number of amides is 1. The lowest BCUT2D eigenvalue weighted by Gasteiger charge is -2.20. The summed E-state index contributed by atoms with van der Waals surface area (Å²) in [4.78, 5) is 14.7. The molecule has 146 valence electrons. The van der Waals surface area contributed by atoms with Crippen LogP contribution in [0.15, 0.2) is 17.0 Å². The molecule has 0 bridgehead atoms. The SMILES string of the molecule is COc1cc(/C=C2\SC(=S)N(C3CCS(=O)(=O)C3)C2=O)cc(OC)c1OC. The lowest BCUT2D eigenvalue weighted by molar-refractivity contribution is -0.123. The molecular weight excluding hydrogens is 410 g/mol. The Bertz CT molecular complexity index is 900. The largest absolute Gasteiger partial charge is 0.493 e. The number of rotatable bonds is 5. The van der Waals surface area contributed by atoms with Crippen LogP contribution in [0.1, 0.15) is 12.0 Å². The van der Waals surface area contributed by atoms with E-state index < -0.39 is 15.9 Å². The van der Waals surface area contributed by atoms with E-state index in [9.17, 15) is 13.2 Å². The van der Waals surface area contributed by atoms with Gasteiger partial charge in [-0.25, -0.2) is 8.42 Å². The minimum Gasteiger partial charge on any atom is -0.493 e. The third-order valence-corrected chi connectivity index (χ3v) is 7.46. The summed E-state index contributed by atoms with van der Waals surface area (Å²) >= 11 is 6.48. The van der Waals surface area contributed by atoms with Gasteiger partial charge in [-0.2, -0.15) is 0 Å². The molecule has 0 saturated carbocycles. The average Bonchev–Trinajstić information content (AvgIpc) is 3.12. The van der Waals surface area contributed by atoms with Crippen LogP contribution < -0.4 is 14.2 Å². The summed E-state index contributed by atoms with van der Waals surface area (Å²) in [6, 6.07) is 3.07. The zero-order valence-corrected chi connectivity index (χ0v) is 17.5. The molecule has 0 N–H and O–H groups in total. The smallest absolute Gasteiger partial charge is 0.266 e. The molecule has 2 heterocycles. The van der Waals surface area contributed by atoms with Crippen LogP contribution in [-0.2, 0) is 14.6 Å². The molecule has 2 saturated heterocycles. The summed E-state index contributed by atoms with van der Waals surface area (Å²) < 4.78 is 39.8. The van der Waals surface area contributed by atoms with Crippen molar-refractivity contribution in [2.24, 2.45) is 0 Å². The zero-order chi connectivity index (χ0) is 19.8. The lowest BCUT2D eigenvalue weighted by atomic mass is 10.1. The highest BCUT2D eigenvalue weighted by atomic mass is 32.2. The van der Waals surface area contributed by atoms with E-state index in [2.05, 4.69) is 0 Å². The van der Waals surface area contributed by atoms with E-state index >= 15 is 0 Å². The number of ether oxygens (including phenoxy) is 3. The number of carbonyl (C=O) groups is 1. The number of sulfone groups is 1. The highest BCUT2D eigenvalue weighted by molar-refractivity contribution is 8.26. The number of carbonyl (C=O) groups excluding carboxylic acids is 1. The Morgan fingerprint density at radius 3 is 2.30 bits per heavy atom. The molecule has 7 nitrogen and oxygen atoms in total. The highest BCUT2D eigenvalue weighted by Crippen LogP contribution is 2.41. The maximum atomic E-state index is 12.8. The van der Waals surface area contributed by atoms with Crippen LogP contribution in [0.2, 0.25) is 0 Å². The van der Waals surface area contributed by atoms with Gasteiger partial charge in [-0.15, -0.1) is 0 Å². The third kappa shape index (κ3) is 3.92. The van der Waals surface area contributed by atoms with Gasteiger partial charge in [0.25, 0.3) is 5.91 Å². The Morgan fingerprint density at radius 2 is 1.81 bits per heavy atom. The monoisotopic (exact) mass is 429 g/mol. The second-order valence-electron chi connectivity index (χ2n) is 6.07. The van der Waals surface area contributed by atoms with Crippen LogP contribution in [0.3, 0.4) is 0 Å². The van der Waals surface area contributed by atoms with E-state index in [1.165, 1.54) is 26.2 Å². The van der Waals surface area contributed by atoms with Gasteiger partial charge >= 0.3 is 0 Å². The molecule has 1 aromatic carbocycles. The molecule has 2 fully saturated rings. The van der Waals surface area contributed by atoms with Gasteiger partial charge in [0.05, 0.1) is 43.8 Å². The van der Waals surface area contributed by atoms with Gasteiger partial charge in [-0.1, -0.05) is 24.0 Å². The van der Waals surface area contributed by atoms with Gasteiger partial charge in [-0.3, -0.25) is 9.69 Å². The fraction of sp³-hybridized carbons (Fsp3) is 0.412. The summed E-state index contributed by atoms with van der Waals surface area (Å²) in [6.45, 7) is 0. The molecular formula is C17H19NO6S3. The normalized spacial score (nSPS) is 23.1. The fourth-order valence-corrected chi connectivity index (χ4v) is 6.21. The first-order valence-electron chi connectivity index (χ1n) is 8.07. The van der Waals surface area contributed by atoms with Gasteiger partial charge in [-0.05, 0) is 30.2 Å². The predicted octanol–water partition coefficient (Wildman–Crippen LogP) is 2.10. The Labute approximate surface area is 167 Å². The van der Waals surface area contributed by atoms with E-state index in [1.807, 2.05) is 0 Å². The van der Waals surface area contributed by atoms with Gasteiger partial charge in [0.15, 0.2) is 21.3 Å². The van der Waals surface area contributed by atoms with Gasteiger partial charge in [0.1, 0.15) is 4.32 Å². The molecule has 2 aliphatic heterocycles. The van der Waals surface area contributed by atoms with E-state index in [-0.39, 0.29) is 17.4 Å². The zero-order valence-electron chi connectivity index (χ0n) is 15.1. The first-order valence-corrected chi connectivity index (χ1v) is 11.1. The van der Waals surface area contributed by atoms with Crippen molar-refractivity contribution in [3.8, 4) is 17.2 Å². The van der Waals surface area contributed by atoms with Crippen LogP contribution in [-0.4, -0.2) is 62.4 Å². The summed E-state index contributed by atoms with van der Waals surface area (Å²) in [6.07, 6.45) is 2.10. The number of thiocarbonyl (C=S) groups is 1. The van der Waals surface area contributed by atoms with Crippen LogP contribution in [0, 0.1) is 0 Å². The number of methoxy groups -OCH3 is 3. The van der Waals surface area contributed by atoms with Gasteiger partial charge < -0.3 is 14.2 Å². The minimum atomic E-state index is -3.11. The summed E-state index contributed by atoms with van der Waals surface area (Å²) in [5.74, 6) is 1.17. The topological polar surface area (TPSA) is 82.1 Å². The molecule has 27 heavy (non-hydrogen) atoms. The van der Waals surface area contributed by atoms with Crippen molar-refractivity contribution in [1.29, 1.82) is 0 Å². The Hall–Kier alpha value is -1.78. The van der Waals surface area contributed by atoms with Crippen molar-refractivity contribution in [2.75, 3.05) is 32.8 Å². The summed E-state index contributed by atoms with van der Waals surface area (Å²) in [5, 5.41) is 0. The highest BCUT2D eigenvalue weighted by Gasteiger charge is 2.42. The number of thioether (sulfide) groups is 1. The fourth-order valence-electron chi connectivity index (χ4n) is 3.11. The van der Waals surface area contributed by atoms with Gasteiger partial charge in [0.2, 0.25) is 5.75 Å². The molecule has 0 aliphatic carbocycles. The van der Waals surface area contributed by atoms with E-state index in [1.54, 1.807) is 18.2 Å². The van der Waals surface area contributed by atoms with Crippen LogP contribution in [0.5, 0.6) is 17.2 Å². The first kappa shape index (κ1) is 20.0. The lowest BCUT2D eigenvalue weighted by Crippen LogP contribution is -2.39. The quantitative estimate of drug-likeness (QED) is 0.520. The Morgan fingerprint density at radius 1 is 1.19 bits per heavy atom. The second-order valence-corrected chi connectivity index (χ2v) is 9.97. The van der Waals surface area contributed by atoms with Crippen LogP contribution in [0.25, 0.3) is 6.08 Å². The molecule has 3 rings (SSSR count). The number of hydrogen-bond donors (Lipinski definition) is 0. The molecule has 10 heteroatoms. The van der Waals surface area contributed by atoms with E-state index in [0.717, 1.165) is 11.8 Å². The number of benzene rings is 1. The standard InChI is InChI=1S/C17H19NO6S3/c1-22-12-6-10(7-13(23-2)15(12)24-3)8-14-16(19)18(17(25)26-14)11-4-5-27(20,21)9-11/h6-8,11H,4-5,9H2,1-3H3/b14-8-. The van der Waals surface area contributed by atoms with E-state index in [4.69, 9.17) is 26.4 Å². The third-order valence-electron chi connectivity index (χ3n) is 4.38. The van der Waals surface area contributed by atoms with Crippen molar-refractivity contribution in [3.63, 3.8) is 0 Å². The molecule has 0 aromatic heterocycles. The van der Waals surface area contributed by atoms with Crippen molar-refractivity contribution in [3.05, 3.63) is 22.6 Å². The number of hydrogen-bond acceptors (Lipinski definition) is 8. The Balaban J connectivity index is 1.92. The van der Waals surface area contributed by atoms with Crippen molar-refractivity contribution < 1.29 is 27.4 Å². The molecule has 1 unspecified atom stereocenters. The maximum absolute atomic E-state index is 12.8. The van der Waals surface area contributed by atoms with Crippen LogP contribution in [0.4, 0.5) is 0 Å². The van der Waals surface area contributed by atoms with Crippen molar-refractivity contribution >= 4 is 50.1 Å². The summed E-state index contributed by atoms with van der Waals surface area (Å²) in [5.41, 5.74) is 0.684. The van der Waals surface area contributed by atoms with Crippen molar-refractivity contribution in [1.82, 2.24) is 4.90 Å². The molecule has 1 amide bonds. The van der Waals surface area contributed by atoms with Gasteiger partial charge in [0, 0.05) is 0 Å². The number of nitrogens with zero attached hydrogens (tertiary/aromatic N) is 1. The molecule has 2 aliphatic rings. The summed E-state index contributed by atoms with van der Waals surface area (Å²) in [7, 11) is 1.43. The minimum absolute atomic E-state index is 0.0447. The maximum Gasteiger partial charge on any atom is 0.266 e. The molecule has 1 atom stereocenters. The molecule has 1 aromatic rings. The first-order chi connectivity index (χ1) is 12.8. The van der Waals surface area contributed by atoms with Crippen molar-refractivity contribution in [2.45, 2.75) is 12.5 Å². The predicted molar refractivity (Wildman–Crippen MR) is 108 cm³/mol. The second kappa shape index (κ2) is 7.69. The molecule has 0 spiro atoms. The Kier molecular flexibility index (Phi) is 5.68. The van der Waals surface area contributed by atoms with Crippen LogP contribution >= 0.6 is 24.0 Å².